The van der Waals surface area contributed by atoms with Crippen LogP contribution in [0.1, 0.15) is 71.6 Å². The van der Waals surface area contributed by atoms with Crippen molar-refractivity contribution in [1.29, 1.82) is 0 Å². The Labute approximate surface area is 137 Å². The van der Waals surface area contributed by atoms with E-state index in [2.05, 4.69) is 6.92 Å². The molecule has 1 aliphatic rings. The minimum atomic E-state index is -1.20. The number of rotatable bonds is 11. The van der Waals surface area contributed by atoms with Crippen LogP contribution in [0.5, 0.6) is 0 Å². The molecule has 0 N–H and O–H groups in total. The smallest absolute Gasteiger partial charge is 0.305 e. The fourth-order valence-electron chi connectivity index (χ4n) is 2.88. The molecule has 0 aromatic rings. The molecule has 1 rings (SSSR count). The first kappa shape index (κ1) is 19.5. The Bertz CT molecular complexity index is 374. The van der Waals surface area contributed by atoms with Crippen LogP contribution in [0.15, 0.2) is 11.2 Å². The molecular formula is C17H28F2O2S. The Morgan fingerprint density at radius 2 is 1.91 bits per heavy atom. The topological polar surface area (TPSA) is 26.3 Å². The second-order valence-corrected chi connectivity index (χ2v) is 6.98. The predicted molar refractivity (Wildman–Crippen MR) is 88.0 cm³/mol. The van der Waals surface area contributed by atoms with Crippen molar-refractivity contribution in [1.82, 2.24) is 0 Å². The largest absolute Gasteiger partial charge is 0.466 e. The lowest BCUT2D eigenvalue weighted by Gasteiger charge is -2.29. The van der Waals surface area contributed by atoms with Crippen LogP contribution in [0.2, 0.25) is 0 Å². The van der Waals surface area contributed by atoms with Crippen LogP contribution in [0, 0.1) is 5.41 Å². The SMILES string of the molecule is CCCCCCC1(CCCCC(=O)OCC)C=C(F)SC1F. The maximum absolute atomic E-state index is 14.3. The third-order valence-corrected chi connectivity index (χ3v) is 5.16. The summed E-state index contributed by atoms with van der Waals surface area (Å²) < 4.78 is 32.7. The molecule has 1 aliphatic heterocycles. The van der Waals surface area contributed by atoms with Crippen LogP contribution in [0.25, 0.3) is 0 Å². The van der Waals surface area contributed by atoms with E-state index in [4.69, 9.17) is 4.74 Å². The van der Waals surface area contributed by atoms with Crippen molar-refractivity contribution in [2.75, 3.05) is 6.61 Å². The standard InChI is InChI=1S/C17H28F2O2S/c1-3-5-6-8-11-17(13-14(18)22-16(17)19)12-9-7-10-15(20)21-4-2/h13,16H,3-12H2,1-2H3. The molecule has 0 aromatic carbocycles. The highest BCUT2D eigenvalue weighted by Crippen LogP contribution is 2.52. The summed E-state index contributed by atoms with van der Waals surface area (Å²) in [6.07, 6.45) is 8.77. The average Bonchev–Trinajstić information content (AvgIpc) is 2.75. The summed E-state index contributed by atoms with van der Waals surface area (Å²) in [5, 5.41) is -0.395. The number of alkyl halides is 1. The van der Waals surface area contributed by atoms with Gasteiger partial charge in [0.1, 0.15) is 0 Å². The van der Waals surface area contributed by atoms with Gasteiger partial charge in [0, 0.05) is 11.8 Å². The molecule has 2 nitrogen and oxygen atoms in total. The molecule has 0 radical (unpaired) electrons. The van der Waals surface area contributed by atoms with Crippen molar-refractivity contribution in [3.05, 3.63) is 11.2 Å². The van der Waals surface area contributed by atoms with Crippen molar-refractivity contribution in [3.63, 3.8) is 0 Å². The van der Waals surface area contributed by atoms with Crippen molar-refractivity contribution in [2.24, 2.45) is 5.41 Å². The molecule has 1 heterocycles. The number of unbranched alkanes of at least 4 members (excludes halogenated alkanes) is 4. The molecule has 0 spiro atoms. The van der Waals surface area contributed by atoms with E-state index < -0.39 is 16.1 Å². The number of esters is 1. The van der Waals surface area contributed by atoms with Gasteiger partial charge in [-0.05, 0) is 32.3 Å². The number of allylic oxidation sites excluding steroid dienone is 1. The maximum Gasteiger partial charge on any atom is 0.305 e. The second kappa shape index (κ2) is 10.2. The minimum absolute atomic E-state index is 0.209. The van der Waals surface area contributed by atoms with Crippen LogP contribution in [0.3, 0.4) is 0 Å². The van der Waals surface area contributed by atoms with Gasteiger partial charge in [0.25, 0.3) is 0 Å². The molecule has 0 fully saturated rings. The van der Waals surface area contributed by atoms with Crippen molar-refractivity contribution in [2.45, 2.75) is 77.1 Å². The van der Waals surface area contributed by atoms with Crippen LogP contribution in [0.4, 0.5) is 8.78 Å². The van der Waals surface area contributed by atoms with E-state index in [1.165, 1.54) is 6.08 Å². The number of hydrogen-bond acceptors (Lipinski definition) is 3. The normalized spacial score (nSPS) is 24.4. The van der Waals surface area contributed by atoms with E-state index in [0.29, 0.717) is 44.1 Å². The summed E-state index contributed by atoms with van der Waals surface area (Å²) in [7, 11) is 0. The van der Waals surface area contributed by atoms with Gasteiger partial charge < -0.3 is 4.74 Å². The molecule has 128 valence electrons. The van der Waals surface area contributed by atoms with Crippen LogP contribution < -0.4 is 0 Å². The third kappa shape index (κ3) is 6.27. The summed E-state index contributed by atoms with van der Waals surface area (Å²) in [6, 6.07) is 0. The lowest BCUT2D eigenvalue weighted by molar-refractivity contribution is -0.143. The summed E-state index contributed by atoms with van der Waals surface area (Å²) in [5.74, 6) is -0.209. The molecule has 2 atom stereocenters. The molecule has 0 aromatic heterocycles. The van der Waals surface area contributed by atoms with Gasteiger partial charge in [-0.3, -0.25) is 4.79 Å². The van der Waals surface area contributed by atoms with E-state index >= 15 is 0 Å². The van der Waals surface area contributed by atoms with Crippen molar-refractivity contribution < 1.29 is 18.3 Å². The molecule has 0 aliphatic carbocycles. The van der Waals surface area contributed by atoms with Crippen molar-refractivity contribution in [3.8, 4) is 0 Å². The highest BCUT2D eigenvalue weighted by molar-refractivity contribution is 8.03. The lowest BCUT2D eigenvalue weighted by Crippen LogP contribution is -2.25. The van der Waals surface area contributed by atoms with Gasteiger partial charge in [-0.15, -0.1) is 0 Å². The van der Waals surface area contributed by atoms with E-state index in [1.807, 2.05) is 0 Å². The van der Waals surface area contributed by atoms with Crippen molar-refractivity contribution >= 4 is 17.7 Å². The van der Waals surface area contributed by atoms with Gasteiger partial charge in [-0.1, -0.05) is 50.8 Å². The Morgan fingerprint density at radius 1 is 1.23 bits per heavy atom. The highest BCUT2D eigenvalue weighted by atomic mass is 32.2. The van der Waals surface area contributed by atoms with Crippen LogP contribution >= 0.6 is 11.8 Å². The number of halogens is 2. The average molecular weight is 334 g/mol. The molecule has 0 amide bonds. The zero-order chi connectivity index (χ0) is 16.4. The quantitative estimate of drug-likeness (QED) is 0.346. The first-order valence-corrected chi connectivity index (χ1v) is 9.26. The zero-order valence-corrected chi connectivity index (χ0v) is 14.5. The molecule has 2 unspecified atom stereocenters. The van der Waals surface area contributed by atoms with Crippen LogP contribution in [-0.2, 0) is 9.53 Å². The van der Waals surface area contributed by atoms with Gasteiger partial charge in [-0.25, -0.2) is 4.39 Å². The Balaban J connectivity index is 2.44. The summed E-state index contributed by atoms with van der Waals surface area (Å²) in [4.78, 5) is 11.3. The molecule has 0 saturated carbocycles. The predicted octanol–water partition coefficient (Wildman–Crippen LogP) is 5.92. The van der Waals surface area contributed by atoms with Gasteiger partial charge in [-0.2, -0.15) is 4.39 Å². The number of ether oxygens (including phenoxy) is 1. The second-order valence-electron chi connectivity index (χ2n) is 5.94. The summed E-state index contributed by atoms with van der Waals surface area (Å²) in [5.41, 5.74) is -1.88. The summed E-state index contributed by atoms with van der Waals surface area (Å²) >= 11 is 0.700. The van der Waals surface area contributed by atoms with E-state index in [-0.39, 0.29) is 5.97 Å². The molecular weight excluding hydrogens is 306 g/mol. The van der Waals surface area contributed by atoms with E-state index in [9.17, 15) is 13.6 Å². The Kier molecular flexibility index (Phi) is 9.06. The summed E-state index contributed by atoms with van der Waals surface area (Å²) in [6.45, 7) is 4.30. The fraction of sp³-hybridized carbons (Fsp3) is 0.824. The fourth-order valence-corrected chi connectivity index (χ4v) is 3.91. The lowest BCUT2D eigenvalue weighted by atomic mass is 9.79. The first-order valence-electron chi connectivity index (χ1n) is 8.38. The molecule has 5 heteroatoms. The van der Waals surface area contributed by atoms with E-state index in [1.54, 1.807) is 6.92 Å². The monoisotopic (exact) mass is 334 g/mol. The van der Waals surface area contributed by atoms with Gasteiger partial charge in [0.2, 0.25) is 0 Å². The maximum atomic E-state index is 14.3. The Hall–Kier alpha value is -0.580. The highest BCUT2D eigenvalue weighted by Gasteiger charge is 2.43. The minimum Gasteiger partial charge on any atom is -0.466 e. The molecule has 22 heavy (non-hydrogen) atoms. The molecule has 0 saturated heterocycles. The number of carbonyl (C=O) groups excluding carboxylic acids is 1. The van der Waals surface area contributed by atoms with E-state index in [0.717, 1.165) is 32.1 Å². The van der Waals surface area contributed by atoms with Crippen LogP contribution in [-0.4, -0.2) is 18.1 Å². The molecule has 0 bridgehead atoms. The van der Waals surface area contributed by atoms with Gasteiger partial charge in [0.15, 0.2) is 10.7 Å². The zero-order valence-electron chi connectivity index (χ0n) is 13.7. The Morgan fingerprint density at radius 3 is 2.45 bits per heavy atom. The van der Waals surface area contributed by atoms with Gasteiger partial charge >= 0.3 is 5.97 Å². The number of thioether (sulfide) groups is 1. The first-order chi connectivity index (χ1) is 10.5. The van der Waals surface area contributed by atoms with Gasteiger partial charge in [0.05, 0.1) is 6.61 Å². The number of hydrogen-bond donors (Lipinski definition) is 0. The third-order valence-electron chi connectivity index (χ3n) is 4.14. The number of carbonyl (C=O) groups is 1.